The fourth-order valence-electron chi connectivity index (χ4n) is 3.24. The van der Waals surface area contributed by atoms with Crippen LogP contribution in [0.1, 0.15) is 83.5 Å². The van der Waals surface area contributed by atoms with Crippen LogP contribution in [0.4, 0.5) is 0 Å². The van der Waals surface area contributed by atoms with Crippen LogP contribution in [0.15, 0.2) is 5.11 Å². The van der Waals surface area contributed by atoms with Crippen LogP contribution in [0.25, 0.3) is 10.4 Å². The molecule has 0 radical (unpaired) electrons. The minimum absolute atomic E-state index is 0.138. The van der Waals surface area contributed by atoms with E-state index in [2.05, 4.69) is 16.1 Å². The molecule has 0 saturated heterocycles. The average Bonchev–Trinajstić information content (AvgIpc) is 2.53. The Labute approximate surface area is 133 Å². The average molecular weight is 304 g/mol. The van der Waals surface area contributed by atoms with Crippen LogP contribution in [0.2, 0.25) is 0 Å². The third kappa shape index (κ3) is 6.49. The summed E-state index contributed by atoms with van der Waals surface area (Å²) in [4.78, 5) is 15.3. The Morgan fingerprint density at radius 2 is 1.73 bits per heavy atom. The van der Waals surface area contributed by atoms with Crippen LogP contribution in [-0.2, 0) is 4.79 Å². The van der Waals surface area contributed by atoms with Crippen LogP contribution in [0.3, 0.4) is 0 Å². The van der Waals surface area contributed by atoms with E-state index in [1.807, 2.05) is 0 Å². The summed E-state index contributed by atoms with van der Waals surface area (Å²) >= 11 is 0. The maximum atomic E-state index is 12.6. The smallest absolute Gasteiger partial charge is 0.153 e. The number of hydrogen-bond donors (Lipinski definition) is 0. The molecule has 0 aromatic carbocycles. The van der Waals surface area contributed by atoms with E-state index in [1.54, 1.807) is 0 Å². The van der Waals surface area contributed by atoms with Crippen LogP contribution in [-0.4, -0.2) is 12.3 Å². The molecule has 1 saturated carbocycles. The van der Waals surface area contributed by atoms with Gasteiger partial charge in [-0.1, -0.05) is 56.5 Å². The third-order valence-corrected chi connectivity index (χ3v) is 4.68. The Kier molecular flexibility index (Phi) is 9.34. The normalized spacial score (nSPS) is 24.4. The molecule has 5 nitrogen and oxygen atoms in total. The maximum Gasteiger partial charge on any atom is 0.153 e. The van der Waals surface area contributed by atoms with Gasteiger partial charge in [0.25, 0.3) is 0 Å². The third-order valence-electron chi connectivity index (χ3n) is 4.68. The summed E-state index contributed by atoms with van der Waals surface area (Å²) in [5.41, 5.74) is 7.48. The van der Waals surface area contributed by atoms with Crippen LogP contribution in [0.5, 0.6) is 0 Å². The van der Waals surface area contributed by atoms with Crippen LogP contribution in [0, 0.1) is 16.7 Å². The monoisotopic (exact) mass is 304 g/mol. The molecule has 1 unspecified atom stereocenters. The number of azide groups is 1. The Morgan fingerprint density at radius 3 is 2.36 bits per heavy atom. The highest BCUT2D eigenvalue weighted by molar-refractivity contribution is 5.87. The molecule has 0 N–H and O–H groups in total. The zero-order valence-electron chi connectivity index (χ0n) is 13.6. The maximum absolute atomic E-state index is 12.6. The first-order chi connectivity index (χ1) is 10.7. The predicted molar refractivity (Wildman–Crippen MR) is 87.1 cm³/mol. The molecule has 1 rings (SSSR count). The van der Waals surface area contributed by atoms with Gasteiger partial charge in [-0.3, -0.25) is 4.79 Å². The molecule has 5 heteroatoms. The molecule has 1 fully saturated rings. The number of Topliss-reactive ketones (excluding diaryl/α,β-unsaturated/α-hetero) is 1. The Hall–Kier alpha value is -1.53. The zero-order valence-corrected chi connectivity index (χ0v) is 13.6. The molecule has 0 spiro atoms. The van der Waals surface area contributed by atoms with Gasteiger partial charge in [-0.2, -0.15) is 5.26 Å². The summed E-state index contributed by atoms with van der Waals surface area (Å²) in [5.74, 6) is 0.138. The molecule has 1 atom stereocenters. The van der Waals surface area contributed by atoms with Crippen molar-refractivity contribution < 1.29 is 4.79 Å². The molecule has 0 aromatic heterocycles. The molecular weight excluding hydrogens is 276 g/mol. The highest BCUT2D eigenvalue weighted by Gasteiger charge is 2.36. The SMILES string of the molecule is N#CC1(CCCCN=[N+]=[N-])CCCCCCCCCCC1=O. The van der Waals surface area contributed by atoms with Crippen molar-refractivity contribution in [2.75, 3.05) is 6.54 Å². The zero-order chi connectivity index (χ0) is 16.1. The first-order valence-corrected chi connectivity index (χ1v) is 8.70. The van der Waals surface area contributed by atoms with Crippen molar-refractivity contribution >= 4 is 5.78 Å². The first kappa shape index (κ1) is 18.5. The molecule has 0 amide bonds. The lowest BCUT2D eigenvalue weighted by molar-refractivity contribution is -0.126. The van der Waals surface area contributed by atoms with Gasteiger partial charge < -0.3 is 0 Å². The summed E-state index contributed by atoms with van der Waals surface area (Å²) in [5, 5.41) is 13.2. The van der Waals surface area contributed by atoms with E-state index >= 15 is 0 Å². The Morgan fingerprint density at radius 1 is 1.09 bits per heavy atom. The van der Waals surface area contributed by atoms with Crippen molar-refractivity contribution in [2.24, 2.45) is 10.5 Å². The number of carbonyl (C=O) groups is 1. The molecule has 0 aromatic rings. The minimum atomic E-state index is -0.796. The second-order valence-corrected chi connectivity index (χ2v) is 6.36. The lowest BCUT2D eigenvalue weighted by Crippen LogP contribution is -2.30. The Balaban J connectivity index is 2.62. The van der Waals surface area contributed by atoms with Gasteiger partial charge in [0.15, 0.2) is 5.78 Å². The standard InChI is InChI=1S/C17H28N4O/c18-15-17(13-9-10-14-20-21-19)12-8-6-4-2-1-3-5-7-11-16(17)22/h1-14H2. The second kappa shape index (κ2) is 11.1. The first-order valence-electron chi connectivity index (χ1n) is 8.70. The van der Waals surface area contributed by atoms with Gasteiger partial charge in [0.2, 0.25) is 0 Å². The quantitative estimate of drug-likeness (QED) is 0.292. The van der Waals surface area contributed by atoms with Crippen LogP contribution < -0.4 is 0 Å². The van der Waals surface area contributed by atoms with E-state index in [-0.39, 0.29) is 5.78 Å². The van der Waals surface area contributed by atoms with E-state index in [0.717, 1.165) is 38.5 Å². The molecule has 0 heterocycles. The lowest BCUT2D eigenvalue weighted by atomic mass is 9.74. The number of ketones is 1. The number of hydrogen-bond acceptors (Lipinski definition) is 3. The second-order valence-electron chi connectivity index (χ2n) is 6.36. The fraction of sp³-hybridized carbons (Fsp3) is 0.882. The highest BCUT2D eigenvalue weighted by Crippen LogP contribution is 2.34. The van der Waals surface area contributed by atoms with Crippen molar-refractivity contribution in [3.05, 3.63) is 10.4 Å². The van der Waals surface area contributed by atoms with Gasteiger partial charge in [0, 0.05) is 17.9 Å². The van der Waals surface area contributed by atoms with Crippen molar-refractivity contribution in [2.45, 2.75) is 83.5 Å². The predicted octanol–water partition coefficient (Wildman–Crippen LogP) is 5.46. The van der Waals surface area contributed by atoms with Gasteiger partial charge in [-0.25, -0.2) is 0 Å². The summed E-state index contributed by atoms with van der Waals surface area (Å²) in [6.45, 7) is 0.451. The lowest BCUT2D eigenvalue weighted by Gasteiger charge is -2.25. The van der Waals surface area contributed by atoms with Crippen molar-refractivity contribution in [3.8, 4) is 6.07 Å². The van der Waals surface area contributed by atoms with Gasteiger partial charge in [-0.15, -0.1) is 0 Å². The van der Waals surface area contributed by atoms with E-state index in [9.17, 15) is 10.1 Å². The van der Waals surface area contributed by atoms with Gasteiger partial charge >= 0.3 is 0 Å². The summed E-state index contributed by atoms with van der Waals surface area (Å²) < 4.78 is 0. The van der Waals surface area contributed by atoms with E-state index in [0.29, 0.717) is 25.8 Å². The number of nitriles is 1. The minimum Gasteiger partial charge on any atom is -0.298 e. The van der Waals surface area contributed by atoms with Gasteiger partial charge in [0.1, 0.15) is 5.41 Å². The number of nitrogens with zero attached hydrogens (tertiary/aromatic N) is 4. The van der Waals surface area contributed by atoms with Gasteiger partial charge in [0.05, 0.1) is 6.07 Å². The van der Waals surface area contributed by atoms with E-state index in [1.165, 1.54) is 25.7 Å². The highest BCUT2D eigenvalue weighted by atomic mass is 16.1. The van der Waals surface area contributed by atoms with Crippen LogP contribution >= 0.6 is 0 Å². The van der Waals surface area contributed by atoms with Crippen molar-refractivity contribution in [1.29, 1.82) is 5.26 Å². The molecule has 1 aliphatic carbocycles. The molecule has 122 valence electrons. The summed E-state index contributed by atoms with van der Waals surface area (Å²) in [6, 6.07) is 2.36. The number of rotatable bonds is 5. The molecule has 1 aliphatic rings. The molecule has 0 aliphatic heterocycles. The number of unbranched alkanes of at least 4 members (excludes halogenated alkanes) is 1. The largest absolute Gasteiger partial charge is 0.298 e. The van der Waals surface area contributed by atoms with E-state index in [4.69, 9.17) is 5.53 Å². The van der Waals surface area contributed by atoms with Crippen molar-refractivity contribution in [1.82, 2.24) is 0 Å². The summed E-state index contributed by atoms with van der Waals surface area (Å²) in [7, 11) is 0. The Bertz CT molecular complexity index is 423. The topological polar surface area (TPSA) is 89.6 Å². The fourth-order valence-corrected chi connectivity index (χ4v) is 3.24. The molecule has 0 bridgehead atoms. The van der Waals surface area contributed by atoms with Crippen molar-refractivity contribution in [3.63, 3.8) is 0 Å². The van der Waals surface area contributed by atoms with Gasteiger partial charge in [-0.05, 0) is 31.2 Å². The summed E-state index contributed by atoms with van der Waals surface area (Å²) in [6.07, 6.45) is 12.5. The molecule has 22 heavy (non-hydrogen) atoms. The van der Waals surface area contributed by atoms with E-state index < -0.39 is 5.41 Å². The molecular formula is C17H28N4O. The number of carbonyl (C=O) groups excluding carboxylic acids is 1.